The van der Waals surface area contributed by atoms with Gasteiger partial charge < -0.3 is 16.2 Å². The van der Waals surface area contributed by atoms with Crippen molar-refractivity contribution in [2.75, 3.05) is 5.32 Å². The molecular formula is C16H19BrIN3O. The van der Waals surface area contributed by atoms with E-state index in [4.69, 9.17) is 5.73 Å². The minimum absolute atomic E-state index is 0. The Morgan fingerprint density at radius 1 is 1.18 bits per heavy atom. The Labute approximate surface area is 156 Å². The predicted octanol–water partition coefficient (Wildman–Crippen LogP) is 4.32. The molecule has 0 aliphatic carbocycles. The van der Waals surface area contributed by atoms with E-state index in [-0.39, 0.29) is 29.7 Å². The lowest BCUT2D eigenvalue weighted by Crippen LogP contribution is -2.22. The number of rotatable bonds is 3. The van der Waals surface area contributed by atoms with Gasteiger partial charge in [0.2, 0.25) is 0 Å². The zero-order valence-corrected chi connectivity index (χ0v) is 16.3. The van der Waals surface area contributed by atoms with Crippen molar-refractivity contribution in [1.82, 2.24) is 0 Å². The van der Waals surface area contributed by atoms with Crippen molar-refractivity contribution in [3.8, 4) is 5.75 Å². The lowest BCUT2D eigenvalue weighted by molar-refractivity contribution is 0.471. The number of phenols is 1. The quantitative estimate of drug-likeness (QED) is 0.351. The summed E-state index contributed by atoms with van der Waals surface area (Å²) in [5.74, 6) is 0.575. The van der Waals surface area contributed by atoms with Crippen LogP contribution in [0.1, 0.15) is 16.7 Å². The molecule has 0 aliphatic rings. The molecule has 0 atom stereocenters. The van der Waals surface area contributed by atoms with Crippen LogP contribution >= 0.6 is 39.9 Å². The van der Waals surface area contributed by atoms with E-state index < -0.39 is 0 Å². The second-order valence-corrected chi connectivity index (χ2v) is 5.77. The van der Waals surface area contributed by atoms with Crippen molar-refractivity contribution in [3.05, 3.63) is 57.6 Å². The molecule has 0 radical (unpaired) electrons. The molecule has 0 amide bonds. The maximum Gasteiger partial charge on any atom is 0.193 e. The number of nitrogens with zero attached hydrogens (tertiary/aromatic N) is 1. The summed E-state index contributed by atoms with van der Waals surface area (Å²) in [5.41, 5.74) is 10.2. The molecule has 0 fully saturated rings. The van der Waals surface area contributed by atoms with Crippen molar-refractivity contribution in [2.45, 2.75) is 20.4 Å². The van der Waals surface area contributed by atoms with Crippen LogP contribution in [-0.4, -0.2) is 11.1 Å². The van der Waals surface area contributed by atoms with E-state index in [1.165, 1.54) is 11.1 Å². The number of aryl methyl sites for hydroxylation is 2. The molecule has 0 bridgehead atoms. The fourth-order valence-corrected chi connectivity index (χ4v) is 2.26. The third-order valence-corrected chi connectivity index (χ3v) is 3.86. The summed E-state index contributed by atoms with van der Waals surface area (Å²) in [6.07, 6.45) is 0. The van der Waals surface area contributed by atoms with Crippen LogP contribution in [-0.2, 0) is 6.54 Å². The topological polar surface area (TPSA) is 70.6 Å². The van der Waals surface area contributed by atoms with E-state index in [9.17, 15) is 5.11 Å². The first-order valence-electron chi connectivity index (χ1n) is 6.57. The van der Waals surface area contributed by atoms with Crippen LogP contribution in [0, 0.1) is 13.8 Å². The smallest absolute Gasteiger partial charge is 0.193 e. The molecule has 0 aliphatic heterocycles. The lowest BCUT2D eigenvalue weighted by Gasteiger charge is -2.08. The van der Waals surface area contributed by atoms with Gasteiger partial charge in [0.15, 0.2) is 5.96 Å². The van der Waals surface area contributed by atoms with Gasteiger partial charge in [-0.25, -0.2) is 4.99 Å². The third-order valence-electron chi connectivity index (χ3n) is 3.22. The number of phenolic OH excluding ortho intramolecular Hbond substituents is 1. The highest BCUT2D eigenvalue weighted by Crippen LogP contribution is 2.24. The van der Waals surface area contributed by atoms with Crippen LogP contribution in [0.5, 0.6) is 5.75 Å². The average Bonchev–Trinajstić information content (AvgIpc) is 2.44. The van der Waals surface area contributed by atoms with Gasteiger partial charge in [0.05, 0.1) is 11.0 Å². The van der Waals surface area contributed by atoms with Gasteiger partial charge in [-0.1, -0.05) is 12.1 Å². The van der Waals surface area contributed by atoms with Crippen LogP contribution in [0.15, 0.2) is 45.9 Å². The van der Waals surface area contributed by atoms with Crippen LogP contribution < -0.4 is 11.1 Å². The first-order chi connectivity index (χ1) is 9.95. The maximum absolute atomic E-state index is 9.44. The molecule has 4 N–H and O–H groups in total. The average molecular weight is 476 g/mol. The van der Waals surface area contributed by atoms with E-state index >= 15 is 0 Å². The van der Waals surface area contributed by atoms with Gasteiger partial charge in [-0.15, -0.1) is 24.0 Å². The number of aromatic hydroxyl groups is 1. The molecular weight excluding hydrogens is 457 g/mol. The number of hydrogen-bond donors (Lipinski definition) is 3. The van der Waals surface area contributed by atoms with Crippen LogP contribution in [0.25, 0.3) is 0 Å². The maximum atomic E-state index is 9.44. The summed E-state index contributed by atoms with van der Waals surface area (Å²) >= 11 is 3.28. The zero-order chi connectivity index (χ0) is 15.4. The molecule has 0 saturated carbocycles. The first kappa shape index (κ1) is 18.8. The van der Waals surface area contributed by atoms with Crippen molar-refractivity contribution >= 4 is 51.6 Å². The van der Waals surface area contributed by atoms with E-state index in [1.807, 2.05) is 30.3 Å². The molecule has 118 valence electrons. The van der Waals surface area contributed by atoms with Gasteiger partial charge in [0, 0.05) is 5.69 Å². The van der Waals surface area contributed by atoms with Crippen molar-refractivity contribution < 1.29 is 5.11 Å². The monoisotopic (exact) mass is 475 g/mol. The number of nitrogens with two attached hydrogens (primary N) is 1. The molecule has 2 aromatic rings. The Balaban J connectivity index is 0.00000242. The van der Waals surface area contributed by atoms with Gasteiger partial charge in [0.1, 0.15) is 5.75 Å². The SMILES string of the molecule is Cc1ccc(NC(N)=NCc2ccc(O)c(Br)c2)cc1C.I. The van der Waals surface area contributed by atoms with Crippen LogP contribution in [0.2, 0.25) is 0 Å². The first-order valence-corrected chi connectivity index (χ1v) is 7.36. The highest BCUT2D eigenvalue weighted by molar-refractivity contribution is 14.0. The summed E-state index contributed by atoms with van der Waals surface area (Å²) < 4.78 is 0.649. The van der Waals surface area contributed by atoms with E-state index in [2.05, 4.69) is 40.1 Å². The molecule has 0 heterocycles. The van der Waals surface area contributed by atoms with Crippen LogP contribution in [0.4, 0.5) is 5.69 Å². The number of nitrogens with one attached hydrogen (secondary N) is 1. The van der Waals surface area contributed by atoms with Gasteiger partial charge in [0.25, 0.3) is 0 Å². The minimum atomic E-state index is 0. The summed E-state index contributed by atoms with van der Waals surface area (Å²) in [5, 5.41) is 12.5. The number of hydrogen-bond acceptors (Lipinski definition) is 2. The van der Waals surface area contributed by atoms with Gasteiger partial charge in [-0.05, 0) is 70.7 Å². The molecule has 22 heavy (non-hydrogen) atoms. The van der Waals surface area contributed by atoms with Crippen LogP contribution in [0.3, 0.4) is 0 Å². The summed E-state index contributed by atoms with van der Waals surface area (Å²) in [4.78, 5) is 4.29. The highest BCUT2D eigenvalue weighted by atomic mass is 127. The molecule has 2 rings (SSSR count). The Morgan fingerprint density at radius 2 is 1.91 bits per heavy atom. The number of halogens is 2. The molecule has 2 aromatic carbocycles. The Kier molecular flexibility index (Phi) is 7.15. The van der Waals surface area contributed by atoms with Crippen molar-refractivity contribution in [2.24, 2.45) is 10.7 Å². The fourth-order valence-electron chi connectivity index (χ4n) is 1.83. The number of guanidine groups is 1. The fraction of sp³-hybridized carbons (Fsp3) is 0.188. The van der Waals surface area contributed by atoms with Crippen molar-refractivity contribution in [1.29, 1.82) is 0 Å². The summed E-state index contributed by atoms with van der Waals surface area (Å²) in [6.45, 7) is 4.57. The molecule has 6 heteroatoms. The molecule has 4 nitrogen and oxygen atoms in total. The Morgan fingerprint density at radius 3 is 2.55 bits per heavy atom. The number of benzene rings is 2. The predicted molar refractivity (Wildman–Crippen MR) is 106 cm³/mol. The Hall–Kier alpha value is -1.28. The summed E-state index contributed by atoms with van der Waals surface area (Å²) in [7, 11) is 0. The third kappa shape index (κ3) is 5.17. The Bertz CT molecular complexity index is 689. The second kappa shape index (κ2) is 8.38. The van der Waals surface area contributed by atoms with Crippen molar-refractivity contribution in [3.63, 3.8) is 0 Å². The highest BCUT2D eigenvalue weighted by Gasteiger charge is 2.01. The molecule has 0 saturated heterocycles. The van der Waals surface area contributed by atoms with E-state index in [0.717, 1.165) is 11.3 Å². The standard InChI is InChI=1S/C16H18BrN3O.HI/c1-10-3-5-13(7-11(10)2)20-16(18)19-9-12-4-6-15(21)14(17)8-12;/h3-8,21H,9H2,1-2H3,(H3,18,19,20);1H. The summed E-state index contributed by atoms with van der Waals surface area (Å²) in [6, 6.07) is 11.3. The molecule has 0 unspecified atom stereocenters. The second-order valence-electron chi connectivity index (χ2n) is 4.91. The number of anilines is 1. The van der Waals surface area contributed by atoms with E-state index in [0.29, 0.717) is 17.0 Å². The lowest BCUT2D eigenvalue weighted by atomic mass is 10.1. The largest absolute Gasteiger partial charge is 0.507 e. The number of aliphatic imine (C=N–C) groups is 1. The molecule has 0 spiro atoms. The normalized spacial score (nSPS) is 11.0. The van der Waals surface area contributed by atoms with E-state index in [1.54, 1.807) is 6.07 Å². The van der Waals surface area contributed by atoms with Gasteiger partial charge in [-0.2, -0.15) is 0 Å². The zero-order valence-electron chi connectivity index (χ0n) is 12.4. The molecule has 0 aromatic heterocycles. The van der Waals surface area contributed by atoms with Gasteiger partial charge in [-0.3, -0.25) is 0 Å². The minimum Gasteiger partial charge on any atom is -0.507 e. The van der Waals surface area contributed by atoms with Gasteiger partial charge >= 0.3 is 0 Å².